The minimum Gasteiger partial charge on any atom is -0.258 e. The van der Waals surface area contributed by atoms with Gasteiger partial charge >= 0.3 is 5.69 Å². The third kappa shape index (κ3) is 1.39. The third-order valence-electron chi connectivity index (χ3n) is 2.66. The van der Waals surface area contributed by atoms with Crippen molar-refractivity contribution in [3.8, 4) is 0 Å². The molecule has 0 saturated heterocycles. The van der Waals surface area contributed by atoms with Crippen molar-refractivity contribution in [3.63, 3.8) is 0 Å². The minimum absolute atomic E-state index is 0.348. The molecule has 0 aliphatic heterocycles. The minimum atomic E-state index is -0.742. The van der Waals surface area contributed by atoms with Crippen molar-refractivity contribution >= 4 is 37.2 Å². The van der Waals surface area contributed by atoms with Crippen LogP contribution < -0.4 is 0 Å². The Kier molecular flexibility index (Phi) is 2.09. The fourth-order valence-electron chi connectivity index (χ4n) is 1.89. The van der Waals surface area contributed by atoms with Gasteiger partial charge in [-0.3, -0.25) is 10.1 Å². The number of nitro benzene ring substituents is 1. The van der Waals surface area contributed by atoms with Crippen molar-refractivity contribution in [1.29, 1.82) is 0 Å². The summed E-state index contributed by atoms with van der Waals surface area (Å²) in [6.45, 7) is 0. The zero-order valence-corrected chi connectivity index (χ0v) is 9.33. The molecule has 0 N–H and O–H groups in total. The van der Waals surface area contributed by atoms with Crippen LogP contribution in [0, 0.1) is 15.9 Å². The number of halogens is 1. The fourth-order valence-corrected chi connectivity index (χ4v) is 3.02. The molecular weight excluding hydrogens is 241 g/mol. The van der Waals surface area contributed by atoms with E-state index in [9.17, 15) is 14.5 Å². The van der Waals surface area contributed by atoms with Crippen molar-refractivity contribution in [1.82, 2.24) is 0 Å². The SMILES string of the molecule is O=[N+]([O-])c1ccc2c(sc3ccccc32)c1F. The van der Waals surface area contributed by atoms with Gasteiger partial charge in [-0.2, -0.15) is 4.39 Å². The van der Waals surface area contributed by atoms with E-state index in [2.05, 4.69) is 0 Å². The molecular formula is C12H6FNO2S. The van der Waals surface area contributed by atoms with E-state index in [1.54, 1.807) is 6.07 Å². The van der Waals surface area contributed by atoms with Crippen molar-refractivity contribution in [2.75, 3.05) is 0 Å². The highest BCUT2D eigenvalue weighted by atomic mass is 32.1. The second kappa shape index (κ2) is 3.49. The summed E-state index contributed by atoms with van der Waals surface area (Å²) >= 11 is 1.24. The number of fused-ring (bicyclic) bond motifs is 3. The lowest BCUT2D eigenvalue weighted by Crippen LogP contribution is -1.91. The smallest absolute Gasteiger partial charge is 0.258 e. The molecule has 0 saturated carbocycles. The van der Waals surface area contributed by atoms with E-state index < -0.39 is 16.4 Å². The Bertz CT molecular complexity index is 751. The number of benzene rings is 2. The van der Waals surface area contributed by atoms with Gasteiger partial charge < -0.3 is 0 Å². The molecule has 84 valence electrons. The van der Waals surface area contributed by atoms with Gasteiger partial charge in [0.1, 0.15) is 0 Å². The van der Waals surface area contributed by atoms with Crippen LogP contribution in [0.25, 0.3) is 20.2 Å². The zero-order chi connectivity index (χ0) is 12.0. The summed E-state index contributed by atoms with van der Waals surface area (Å²) in [5.74, 6) is -0.742. The van der Waals surface area contributed by atoms with Gasteiger partial charge in [0.15, 0.2) is 0 Å². The van der Waals surface area contributed by atoms with Crippen LogP contribution in [0.4, 0.5) is 10.1 Å². The normalized spacial score (nSPS) is 11.1. The number of thiophene rings is 1. The highest BCUT2D eigenvalue weighted by molar-refractivity contribution is 7.25. The van der Waals surface area contributed by atoms with Crippen LogP contribution in [0.3, 0.4) is 0 Å². The van der Waals surface area contributed by atoms with Gasteiger partial charge in [-0.05, 0) is 12.1 Å². The average molecular weight is 247 g/mol. The van der Waals surface area contributed by atoms with Crippen LogP contribution in [0.2, 0.25) is 0 Å². The van der Waals surface area contributed by atoms with E-state index in [1.807, 2.05) is 24.3 Å². The molecule has 3 aromatic rings. The van der Waals surface area contributed by atoms with Gasteiger partial charge in [0.05, 0.1) is 9.62 Å². The summed E-state index contributed by atoms with van der Waals surface area (Å²) in [5, 5.41) is 12.3. The van der Waals surface area contributed by atoms with Gasteiger partial charge in [-0.1, -0.05) is 18.2 Å². The topological polar surface area (TPSA) is 43.1 Å². The summed E-state index contributed by atoms with van der Waals surface area (Å²) in [7, 11) is 0. The molecule has 0 bridgehead atoms. The van der Waals surface area contributed by atoms with E-state index in [4.69, 9.17) is 0 Å². The Morgan fingerprint density at radius 3 is 2.65 bits per heavy atom. The molecule has 1 aromatic heterocycles. The lowest BCUT2D eigenvalue weighted by atomic mass is 10.1. The van der Waals surface area contributed by atoms with Crippen molar-refractivity contribution in [2.45, 2.75) is 0 Å². The second-order valence-electron chi connectivity index (χ2n) is 3.63. The van der Waals surface area contributed by atoms with Crippen molar-refractivity contribution < 1.29 is 9.31 Å². The van der Waals surface area contributed by atoms with Crippen LogP contribution >= 0.6 is 11.3 Å². The van der Waals surface area contributed by atoms with Gasteiger partial charge in [-0.25, -0.2) is 0 Å². The van der Waals surface area contributed by atoms with Crippen LogP contribution in [-0.2, 0) is 0 Å². The summed E-state index contributed by atoms with van der Waals surface area (Å²) in [6, 6.07) is 10.3. The highest BCUT2D eigenvalue weighted by Crippen LogP contribution is 2.37. The maximum atomic E-state index is 13.9. The third-order valence-corrected chi connectivity index (χ3v) is 3.84. The standard InChI is InChI=1S/C12H6FNO2S/c13-11-9(14(15)16)6-5-8-7-3-1-2-4-10(7)17-12(8)11/h1-6H. The predicted molar refractivity (Wildman–Crippen MR) is 65.9 cm³/mol. The number of rotatable bonds is 1. The lowest BCUT2D eigenvalue weighted by Gasteiger charge is -1.95. The van der Waals surface area contributed by atoms with Gasteiger partial charge in [-0.15, -0.1) is 11.3 Å². The summed E-state index contributed by atoms with van der Waals surface area (Å²) in [5.41, 5.74) is -0.468. The largest absolute Gasteiger partial charge is 0.306 e. The highest BCUT2D eigenvalue weighted by Gasteiger charge is 2.19. The Labute approximate surface area is 99.3 Å². The average Bonchev–Trinajstić information content (AvgIpc) is 2.69. The summed E-state index contributed by atoms with van der Waals surface area (Å²) in [4.78, 5) is 9.96. The molecule has 1 heterocycles. The van der Waals surface area contributed by atoms with Crippen molar-refractivity contribution in [3.05, 3.63) is 52.3 Å². The monoisotopic (exact) mass is 247 g/mol. The molecule has 3 rings (SSSR count). The van der Waals surface area contributed by atoms with E-state index in [0.717, 1.165) is 15.5 Å². The van der Waals surface area contributed by atoms with E-state index in [-0.39, 0.29) is 0 Å². The summed E-state index contributed by atoms with van der Waals surface area (Å²) < 4.78 is 15.2. The number of nitro groups is 1. The van der Waals surface area contributed by atoms with Crippen LogP contribution in [-0.4, -0.2) is 4.92 Å². The Hall–Kier alpha value is -2.01. The number of hydrogen-bond donors (Lipinski definition) is 0. The first-order valence-electron chi connectivity index (χ1n) is 4.92. The molecule has 0 aliphatic carbocycles. The Morgan fingerprint density at radius 2 is 1.88 bits per heavy atom. The molecule has 0 aliphatic rings. The van der Waals surface area contributed by atoms with Crippen LogP contribution in [0.5, 0.6) is 0 Å². The maximum absolute atomic E-state index is 13.9. The molecule has 0 unspecified atom stereocenters. The fraction of sp³-hybridized carbons (Fsp3) is 0. The Morgan fingerprint density at radius 1 is 1.12 bits per heavy atom. The number of nitrogens with zero attached hydrogens (tertiary/aromatic N) is 1. The first-order valence-corrected chi connectivity index (χ1v) is 5.74. The van der Waals surface area contributed by atoms with E-state index in [0.29, 0.717) is 4.70 Å². The second-order valence-corrected chi connectivity index (χ2v) is 4.68. The Balaban J connectivity index is 2.48. The van der Waals surface area contributed by atoms with Crippen LogP contribution in [0.1, 0.15) is 0 Å². The lowest BCUT2D eigenvalue weighted by molar-refractivity contribution is -0.387. The molecule has 3 nitrogen and oxygen atoms in total. The van der Waals surface area contributed by atoms with Gasteiger partial charge in [0, 0.05) is 21.5 Å². The molecule has 2 aromatic carbocycles. The van der Waals surface area contributed by atoms with Crippen molar-refractivity contribution in [2.24, 2.45) is 0 Å². The quantitative estimate of drug-likeness (QED) is 0.480. The molecule has 0 radical (unpaired) electrons. The molecule has 5 heteroatoms. The molecule has 17 heavy (non-hydrogen) atoms. The van der Waals surface area contributed by atoms with E-state index in [1.165, 1.54) is 17.4 Å². The van der Waals surface area contributed by atoms with E-state index >= 15 is 0 Å². The zero-order valence-electron chi connectivity index (χ0n) is 8.51. The molecule has 0 spiro atoms. The van der Waals surface area contributed by atoms with Crippen LogP contribution in [0.15, 0.2) is 36.4 Å². The first kappa shape index (κ1) is 10.2. The first-order chi connectivity index (χ1) is 8.18. The molecule has 0 fully saturated rings. The maximum Gasteiger partial charge on any atom is 0.306 e. The predicted octanol–water partition coefficient (Wildman–Crippen LogP) is 4.10. The van der Waals surface area contributed by atoms with Gasteiger partial charge in [0.25, 0.3) is 0 Å². The molecule has 0 atom stereocenters. The number of hydrogen-bond acceptors (Lipinski definition) is 3. The van der Waals surface area contributed by atoms with Gasteiger partial charge in [0.2, 0.25) is 5.82 Å². The summed E-state index contributed by atoms with van der Waals surface area (Å²) in [6.07, 6.45) is 0. The molecule has 0 amide bonds.